The largest absolute Gasteiger partial charge is 0.389 e. The van der Waals surface area contributed by atoms with Gasteiger partial charge in [-0.25, -0.2) is 19.3 Å². The van der Waals surface area contributed by atoms with E-state index in [4.69, 9.17) is 30.4 Å². The number of hydrogen-bond donors (Lipinski definition) is 1. The molecule has 2 atom stereocenters. The fourth-order valence-electron chi connectivity index (χ4n) is 7.49. The molecule has 1 saturated heterocycles. The van der Waals surface area contributed by atoms with Crippen molar-refractivity contribution in [2.75, 3.05) is 19.3 Å². The van der Waals surface area contributed by atoms with E-state index in [1.165, 1.54) is 28.2 Å². The summed E-state index contributed by atoms with van der Waals surface area (Å²) in [6.45, 7) is 4.02. The second-order valence-corrected chi connectivity index (χ2v) is 13.6. The molecule has 1 fully saturated rings. The smallest absolute Gasteiger partial charge is 0.186 e. The first-order valence-corrected chi connectivity index (χ1v) is 16.7. The Bertz CT molecular complexity index is 1900. The quantitative estimate of drug-likeness (QED) is 0.264. The van der Waals surface area contributed by atoms with Crippen LogP contribution in [-0.4, -0.2) is 59.2 Å². The number of thiophene rings is 1. The minimum absolute atomic E-state index is 0.0644. The number of rotatable bonds is 7. The summed E-state index contributed by atoms with van der Waals surface area (Å²) in [6, 6.07) is 2.80. The second kappa shape index (κ2) is 10.8. The molecule has 6 heterocycles. The molecule has 8 rings (SSSR count). The van der Waals surface area contributed by atoms with Crippen molar-refractivity contribution in [3.63, 3.8) is 0 Å². The number of nitrogens with zero attached hydrogens (tertiary/aromatic N) is 9. The predicted octanol–water partition coefficient (Wildman–Crippen LogP) is 5.19. The molecule has 2 unspecified atom stereocenters. The van der Waals surface area contributed by atoms with Crippen LogP contribution in [-0.2, 0) is 32.2 Å². The van der Waals surface area contributed by atoms with Crippen molar-refractivity contribution in [2.24, 2.45) is 0 Å². The van der Waals surface area contributed by atoms with E-state index in [0.717, 1.165) is 110 Å². The Kier molecular flexibility index (Phi) is 6.75. The Morgan fingerprint density at radius 1 is 1.16 bits per heavy atom. The normalized spacial score (nSPS) is 19.9. The topological polar surface area (TPSA) is 140 Å². The zero-order chi connectivity index (χ0) is 29.9. The summed E-state index contributed by atoms with van der Waals surface area (Å²) in [5.41, 5.74) is 12.8. The van der Waals surface area contributed by atoms with Crippen LogP contribution in [0.5, 0.6) is 0 Å². The number of fused-ring (bicyclic) bond motifs is 3. The van der Waals surface area contributed by atoms with Crippen molar-refractivity contribution >= 4 is 27.4 Å². The summed E-state index contributed by atoms with van der Waals surface area (Å²) in [4.78, 5) is 13.8. The molecule has 0 amide bonds. The van der Waals surface area contributed by atoms with Gasteiger partial charge in [0, 0.05) is 28.6 Å². The lowest BCUT2D eigenvalue weighted by molar-refractivity contribution is 0.276. The van der Waals surface area contributed by atoms with Gasteiger partial charge in [0.1, 0.15) is 16.8 Å². The van der Waals surface area contributed by atoms with Crippen molar-refractivity contribution in [2.45, 2.75) is 89.6 Å². The maximum Gasteiger partial charge on any atom is 0.186 e. The molecule has 0 saturated carbocycles. The van der Waals surface area contributed by atoms with Gasteiger partial charge in [0.05, 0.1) is 29.4 Å². The molecular formula is C32H36N10OS. The lowest BCUT2D eigenvalue weighted by Gasteiger charge is -2.22. The average Bonchev–Trinajstić information content (AvgIpc) is 3.86. The predicted molar refractivity (Wildman–Crippen MR) is 168 cm³/mol. The number of anilines is 1. The van der Waals surface area contributed by atoms with E-state index >= 15 is 0 Å². The number of nitriles is 1. The Labute approximate surface area is 259 Å². The highest BCUT2D eigenvalue weighted by Crippen LogP contribution is 2.46. The Morgan fingerprint density at radius 2 is 2.07 bits per heavy atom. The van der Waals surface area contributed by atoms with E-state index in [2.05, 4.69) is 36.3 Å². The van der Waals surface area contributed by atoms with Crippen LogP contribution in [0.1, 0.15) is 90.0 Å². The van der Waals surface area contributed by atoms with Crippen LogP contribution in [0.15, 0.2) is 16.9 Å². The van der Waals surface area contributed by atoms with Gasteiger partial charge in [-0.1, -0.05) is 18.5 Å². The Morgan fingerprint density at radius 3 is 2.86 bits per heavy atom. The molecule has 226 valence electrons. The number of likely N-dealkylation sites (tertiary alicyclic amines) is 1. The maximum absolute atomic E-state index is 10.0. The van der Waals surface area contributed by atoms with Crippen LogP contribution in [0.25, 0.3) is 28.4 Å². The van der Waals surface area contributed by atoms with Gasteiger partial charge in [-0.05, 0) is 82.5 Å². The van der Waals surface area contributed by atoms with Crippen molar-refractivity contribution in [3.8, 4) is 23.4 Å². The lowest BCUT2D eigenvalue weighted by atomic mass is 9.81. The minimum atomic E-state index is -0.0644. The SMILES string of the molecule is CCCc1sc(N)c(C#N)c1C1CCCc2c(-c3nc(-n4cc5c(n4)CCC5)c4cnn(CC5CCCN5C)c4n3)noc21. The third-order valence-corrected chi connectivity index (χ3v) is 10.8. The molecule has 44 heavy (non-hydrogen) atoms. The molecule has 0 aromatic carbocycles. The molecule has 12 heteroatoms. The van der Waals surface area contributed by atoms with Crippen molar-refractivity contribution in [1.82, 2.24) is 39.6 Å². The first kappa shape index (κ1) is 27.5. The standard InChI is InChI=1S/C32H36N10OS/c1-3-7-25-26(22(14-33)29(34)44-25)20-10-5-11-21-27(39-43-28(20)21)30-36-31-23(15-35-41(31)17-19-9-6-13-40(19)2)32(37-30)42-16-18-8-4-12-24(18)38-42/h15-16,19-20H,3-13,17,34H2,1-2H3. The zero-order valence-corrected chi connectivity index (χ0v) is 26.0. The van der Waals surface area contributed by atoms with Gasteiger partial charge < -0.3 is 15.2 Å². The summed E-state index contributed by atoms with van der Waals surface area (Å²) in [7, 11) is 2.18. The molecule has 5 aromatic rings. The van der Waals surface area contributed by atoms with Crippen LogP contribution in [0.4, 0.5) is 5.00 Å². The molecule has 0 spiro atoms. The van der Waals surface area contributed by atoms with E-state index in [1.54, 1.807) is 0 Å². The molecule has 0 bridgehead atoms. The van der Waals surface area contributed by atoms with Crippen molar-refractivity contribution in [3.05, 3.63) is 51.0 Å². The van der Waals surface area contributed by atoms with Crippen LogP contribution in [0.3, 0.4) is 0 Å². The van der Waals surface area contributed by atoms with Crippen LogP contribution >= 0.6 is 11.3 Å². The number of likely N-dealkylation sites (N-methyl/N-ethyl adjacent to an activating group) is 1. The van der Waals surface area contributed by atoms with E-state index in [0.29, 0.717) is 28.1 Å². The number of aryl methyl sites for hydroxylation is 3. The Balaban J connectivity index is 1.26. The van der Waals surface area contributed by atoms with E-state index in [-0.39, 0.29) is 5.92 Å². The van der Waals surface area contributed by atoms with Gasteiger partial charge in [0.2, 0.25) is 0 Å². The fourth-order valence-corrected chi connectivity index (χ4v) is 8.68. The maximum atomic E-state index is 10.0. The van der Waals surface area contributed by atoms with Gasteiger partial charge in [0.15, 0.2) is 23.0 Å². The zero-order valence-electron chi connectivity index (χ0n) is 25.2. The van der Waals surface area contributed by atoms with Crippen LogP contribution in [0, 0.1) is 11.3 Å². The fraction of sp³-hybridized carbons (Fsp3) is 0.500. The minimum Gasteiger partial charge on any atom is -0.389 e. The molecule has 1 aliphatic heterocycles. The van der Waals surface area contributed by atoms with Crippen LogP contribution in [0.2, 0.25) is 0 Å². The van der Waals surface area contributed by atoms with E-state index in [9.17, 15) is 5.26 Å². The first-order chi connectivity index (χ1) is 21.5. The monoisotopic (exact) mass is 608 g/mol. The summed E-state index contributed by atoms with van der Waals surface area (Å²) >= 11 is 1.53. The molecule has 5 aromatic heterocycles. The molecule has 3 aliphatic rings. The molecule has 2 aliphatic carbocycles. The number of nitrogen functional groups attached to an aromatic ring is 1. The molecule has 0 radical (unpaired) electrons. The van der Waals surface area contributed by atoms with Crippen LogP contribution < -0.4 is 5.73 Å². The first-order valence-electron chi connectivity index (χ1n) is 15.9. The number of aromatic nitrogens is 7. The molecule has 2 N–H and O–H groups in total. The summed E-state index contributed by atoms with van der Waals surface area (Å²) in [5, 5.41) is 25.9. The van der Waals surface area contributed by atoms with E-state index in [1.807, 2.05) is 15.6 Å². The summed E-state index contributed by atoms with van der Waals surface area (Å²) in [6.07, 6.45) is 14.0. The highest BCUT2D eigenvalue weighted by atomic mass is 32.1. The number of nitrogens with two attached hydrogens (primary N) is 1. The number of hydrogen-bond acceptors (Lipinski definition) is 10. The lowest BCUT2D eigenvalue weighted by Crippen LogP contribution is -2.29. The Hall–Kier alpha value is -4.08. The molecule has 11 nitrogen and oxygen atoms in total. The summed E-state index contributed by atoms with van der Waals surface area (Å²) < 4.78 is 10.1. The van der Waals surface area contributed by atoms with Gasteiger partial charge >= 0.3 is 0 Å². The van der Waals surface area contributed by atoms with Gasteiger partial charge in [-0.2, -0.15) is 15.5 Å². The third kappa shape index (κ3) is 4.36. The average molecular weight is 609 g/mol. The van der Waals surface area contributed by atoms with Crippen molar-refractivity contribution in [1.29, 1.82) is 5.26 Å². The second-order valence-electron chi connectivity index (χ2n) is 12.5. The highest BCUT2D eigenvalue weighted by Gasteiger charge is 2.35. The van der Waals surface area contributed by atoms with Gasteiger partial charge in [-0.15, -0.1) is 11.3 Å². The van der Waals surface area contributed by atoms with E-state index < -0.39 is 0 Å². The van der Waals surface area contributed by atoms with Gasteiger partial charge in [-0.3, -0.25) is 0 Å². The summed E-state index contributed by atoms with van der Waals surface area (Å²) in [5.74, 6) is 1.99. The highest BCUT2D eigenvalue weighted by molar-refractivity contribution is 7.16. The molecular weight excluding hydrogens is 572 g/mol. The van der Waals surface area contributed by atoms with Crippen molar-refractivity contribution < 1.29 is 4.52 Å². The van der Waals surface area contributed by atoms with Gasteiger partial charge in [0.25, 0.3) is 0 Å². The third-order valence-electron chi connectivity index (χ3n) is 9.74.